The highest BCUT2D eigenvalue weighted by molar-refractivity contribution is 7.99. The zero-order chi connectivity index (χ0) is 22.3. The molecule has 1 fully saturated rings. The van der Waals surface area contributed by atoms with E-state index < -0.39 is 0 Å². The van der Waals surface area contributed by atoms with Crippen molar-refractivity contribution < 1.29 is 4.79 Å². The Morgan fingerprint density at radius 1 is 0.938 bits per heavy atom. The second kappa shape index (κ2) is 11.2. The van der Waals surface area contributed by atoms with Crippen molar-refractivity contribution >= 4 is 40.9 Å². The molecule has 1 saturated heterocycles. The van der Waals surface area contributed by atoms with Gasteiger partial charge in [0, 0.05) is 22.3 Å². The molecule has 2 aromatic carbocycles. The van der Waals surface area contributed by atoms with E-state index in [9.17, 15) is 4.79 Å². The number of hydrogen-bond acceptors (Lipinski definition) is 5. The van der Waals surface area contributed by atoms with E-state index in [1.165, 1.54) is 31.0 Å². The number of thioether (sulfide) groups is 1. The summed E-state index contributed by atoms with van der Waals surface area (Å²) in [4.78, 5) is 14.8. The Balaban J connectivity index is 1.44. The molecular weight excluding hydrogens is 465 g/mol. The van der Waals surface area contributed by atoms with Crippen molar-refractivity contribution in [1.29, 1.82) is 0 Å². The molecular formula is C23H25Cl2N5OS. The number of rotatable bonds is 8. The standard InChI is InChI=1S/C23H25Cl2N5OS/c24-18-6-4-17(5-7-18)14-26-22(31)16-32-23-28-27-21(15-29-12-2-1-3-13-29)30(23)20-10-8-19(25)9-11-20/h4-11H,1-3,12-16H2,(H,26,31). The third-order valence-corrected chi connectivity index (χ3v) is 6.77. The van der Waals surface area contributed by atoms with Crippen LogP contribution in [0.2, 0.25) is 10.0 Å². The molecule has 0 spiro atoms. The molecule has 6 nitrogen and oxygen atoms in total. The summed E-state index contributed by atoms with van der Waals surface area (Å²) in [5, 5.41) is 13.9. The van der Waals surface area contributed by atoms with E-state index in [2.05, 4.69) is 20.4 Å². The Hall–Kier alpha value is -2.06. The van der Waals surface area contributed by atoms with Gasteiger partial charge >= 0.3 is 0 Å². The first-order chi connectivity index (χ1) is 15.6. The van der Waals surface area contributed by atoms with Gasteiger partial charge in [-0.25, -0.2) is 0 Å². The van der Waals surface area contributed by atoms with Crippen LogP contribution in [0.1, 0.15) is 30.7 Å². The maximum atomic E-state index is 12.4. The third-order valence-electron chi connectivity index (χ3n) is 5.33. The molecule has 3 aromatic rings. The molecule has 1 N–H and O–H groups in total. The van der Waals surface area contributed by atoms with Crippen molar-refractivity contribution in [2.45, 2.75) is 37.5 Å². The van der Waals surface area contributed by atoms with E-state index in [0.717, 1.165) is 36.7 Å². The average Bonchev–Trinajstić information content (AvgIpc) is 3.21. The van der Waals surface area contributed by atoms with Gasteiger partial charge in [-0.1, -0.05) is 53.5 Å². The lowest BCUT2D eigenvalue weighted by Crippen LogP contribution is -2.30. The van der Waals surface area contributed by atoms with Gasteiger partial charge in [-0.15, -0.1) is 10.2 Å². The number of aromatic nitrogens is 3. The number of amides is 1. The van der Waals surface area contributed by atoms with Crippen LogP contribution < -0.4 is 5.32 Å². The van der Waals surface area contributed by atoms with Gasteiger partial charge in [0.15, 0.2) is 11.0 Å². The summed E-state index contributed by atoms with van der Waals surface area (Å²) in [5.74, 6) is 1.06. The molecule has 32 heavy (non-hydrogen) atoms. The highest BCUT2D eigenvalue weighted by Crippen LogP contribution is 2.24. The second-order valence-corrected chi connectivity index (χ2v) is 9.55. The smallest absolute Gasteiger partial charge is 0.230 e. The summed E-state index contributed by atoms with van der Waals surface area (Å²) < 4.78 is 2.03. The highest BCUT2D eigenvalue weighted by atomic mass is 35.5. The summed E-state index contributed by atoms with van der Waals surface area (Å²) in [7, 11) is 0. The first-order valence-electron chi connectivity index (χ1n) is 10.6. The lowest BCUT2D eigenvalue weighted by Gasteiger charge is -2.26. The number of carbonyl (C=O) groups excluding carboxylic acids is 1. The first-order valence-corrected chi connectivity index (χ1v) is 12.4. The largest absolute Gasteiger partial charge is 0.351 e. The zero-order valence-electron chi connectivity index (χ0n) is 17.6. The Bertz CT molecular complexity index is 1030. The number of benzene rings is 2. The minimum atomic E-state index is -0.0619. The predicted molar refractivity (Wildman–Crippen MR) is 130 cm³/mol. The summed E-state index contributed by atoms with van der Waals surface area (Å²) >= 11 is 13.4. The number of piperidine rings is 1. The lowest BCUT2D eigenvalue weighted by molar-refractivity contribution is -0.118. The molecule has 1 aromatic heterocycles. The minimum Gasteiger partial charge on any atom is -0.351 e. The van der Waals surface area contributed by atoms with Crippen molar-refractivity contribution in [1.82, 2.24) is 25.0 Å². The van der Waals surface area contributed by atoms with Crippen LogP contribution in [0.3, 0.4) is 0 Å². The predicted octanol–water partition coefficient (Wildman–Crippen LogP) is 4.97. The maximum absolute atomic E-state index is 12.4. The molecule has 1 aliphatic rings. The van der Waals surface area contributed by atoms with E-state index in [4.69, 9.17) is 23.2 Å². The molecule has 2 heterocycles. The fourth-order valence-corrected chi connectivity index (χ4v) is 4.70. The van der Waals surface area contributed by atoms with Gasteiger partial charge in [0.1, 0.15) is 0 Å². The fraction of sp³-hybridized carbons (Fsp3) is 0.348. The average molecular weight is 490 g/mol. The van der Waals surface area contributed by atoms with Gasteiger partial charge in [0.2, 0.25) is 5.91 Å². The summed E-state index contributed by atoms with van der Waals surface area (Å²) in [6.07, 6.45) is 3.71. The van der Waals surface area contributed by atoms with Gasteiger partial charge in [0.05, 0.1) is 12.3 Å². The Morgan fingerprint density at radius 2 is 1.59 bits per heavy atom. The molecule has 0 atom stereocenters. The number of halogens is 2. The van der Waals surface area contributed by atoms with Crippen LogP contribution >= 0.6 is 35.0 Å². The zero-order valence-corrected chi connectivity index (χ0v) is 20.0. The van der Waals surface area contributed by atoms with Crippen LogP contribution in [0.15, 0.2) is 53.7 Å². The van der Waals surface area contributed by atoms with E-state index in [-0.39, 0.29) is 11.7 Å². The SMILES string of the molecule is O=C(CSc1nnc(CN2CCCCC2)n1-c1ccc(Cl)cc1)NCc1ccc(Cl)cc1. The topological polar surface area (TPSA) is 63.1 Å². The quantitative estimate of drug-likeness (QED) is 0.452. The fourth-order valence-electron chi connectivity index (χ4n) is 3.65. The Morgan fingerprint density at radius 3 is 2.28 bits per heavy atom. The van der Waals surface area contributed by atoms with Gasteiger partial charge in [-0.2, -0.15) is 0 Å². The number of likely N-dealkylation sites (tertiary alicyclic amines) is 1. The van der Waals surface area contributed by atoms with Gasteiger partial charge < -0.3 is 5.32 Å². The molecule has 9 heteroatoms. The van der Waals surface area contributed by atoms with Crippen LogP contribution in [0.25, 0.3) is 5.69 Å². The van der Waals surface area contributed by atoms with Gasteiger partial charge in [-0.3, -0.25) is 14.3 Å². The van der Waals surface area contributed by atoms with E-state index in [0.29, 0.717) is 21.7 Å². The second-order valence-electron chi connectivity index (χ2n) is 7.74. The molecule has 0 bridgehead atoms. The molecule has 1 aliphatic heterocycles. The summed E-state index contributed by atoms with van der Waals surface area (Å²) in [6, 6.07) is 15.1. The minimum absolute atomic E-state index is 0.0619. The highest BCUT2D eigenvalue weighted by Gasteiger charge is 2.19. The van der Waals surface area contributed by atoms with Crippen LogP contribution in [0.4, 0.5) is 0 Å². The van der Waals surface area contributed by atoms with Crippen molar-refractivity contribution in [2.24, 2.45) is 0 Å². The molecule has 0 saturated carbocycles. The summed E-state index contributed by atoms with van der Waals surface area (Å²) in [5.41, 5.74) is 1.94. The maximum Gasteiger partial charge on any atom is 0.230 e. The van der Waals surface area contributed by atoms with Crippen molar-refractivity contribution in [3.63, 3.8) is 0 Å². The Labute approximate surface area is 202 Å². The Kier molecular flexibility index (Phi) is 8.08. The third kappa shape index (κ3) is 6.25. The van der Waals surface area contributed by atoms with Crippen molar-refractivity contribution in [3.05, 3.63) is 70.0 Å². The van der Waals surface area contributed by atoms with E-state index in [1.54, 1.807) is 0 Å². The van der Waals surface area contributed by atoms with Gasteiger partial charge in [0.25, 0.3) is 0 Å². The van der Waals surface area contributed by atoms with Crippen molar-refractivity contribution in [3.8, 4) is 5.69 Å². The molecule has 0 aliphatic carbocycles. The van der Waals surface area contributed by atoms with E-state index in [1.807, 2.05) is 53.1 Å². The first kappa shape index (κ1) is 23.1. The molecule has 0 unspecified atom stereocenters. The normalized spacial score (nSPS) is 14.4. The van der Waals surface area contributed by atoms with Crippen molar-refractivity contribution in [2.75, 3.05) is 18.8 Å². The number of nitrogens with zero attached hydrogens (tertiary/aromatic N) is 4. The van der Waals surface area contributed by atoms with Gasteiger partial charge in [-0.05, 0) is 67.9 Å². The summed E-state index contributed by atoms with van der Waals surface area (Å²) in [6.45, 7) is 3.34. The number of nitrogens with one attached hydrogen (secondary N) is 1. The van der Waals surface area contributed by atoms with Crippen LogP contribution in [-0.2, 0) is 17.9 Å². The number of hydrogen-bond donors (Lipinski definition) is 1. The molecule has 0 radical (unpaired) electrons. The monoisotopic (exact) mass is 489 g/mol. The van der Waals surface area contributed by atoms with E-state index >= 15 is 0 Å². The molecule has 1 amide bonds. The van der Waals surface area contributed by atoms with Crippen LogP contribution in [0.5, 0.6) is 0 Å². The molecule has 4 rings (SSSR count). The van der Waals surface area contributed by atoms with Crippen LogP contribution in [-0.4, -0.2) is 44.4 Å². The molecule has 168 valence electrons. The van der Waals surface area contributed by atoms with Crippen LogP contribution in [0, 0.1) is 0 Å². The lowest BCUT2D eigenvalue weighted by atomic mass is 10.1. The number of carbonyl (C=O) groups is 1.